The molecule has 1 aliphatic heterocycles. The minimum Gasteiger partial charge on any atom is -0.494 e. The Balaban J connectivity index is 1.66. The Kier molecular flexibility index (Phi) is 7.30. The zero-order valence-electron chi connectivity index (χ0n) is 13.7. The van der Waals surface area contributed by atoms with E-state index in [1.807, 2.05) is 0 Å². The number of nitrogens with one attached hydrogen (secondary N) is 2. The quantitative estimate of drug-likeness (QED) is 0.295. The number of aldehydes is 1. The van der Waals surface area contributed by atoms with E-state index in [0.717, 1.165) is 6.54 Å². The lowest BCUT2D eigenvalue weighted by Crippen LogP contribution is -2.48. The van der Waals surface area contributed by atoms with Crippen LogP contribution in [-0.4, -0.2) is 49.6 Å². The molecule has 0 aromatic heterocycles. The Hall–Kier alpha value is -2.52. The van der Waals surface area contributed by atoms with Gasteiger partial charge in [0.15, 0.2) is 6.29 Å². The molecular weight excluding hydrogens is 330 g/mol. The summed E-state index contributed by atoms with van der Waals surface area (Å²) in [5.41, 5.74) is -0.276. The first-order valence-electron chi connectivity index (χ1n) is 8.08. The van der Waals surface area contributed by atoms with Gasteiger partial charge < -0.3 is 20.1 Å². The molecule has 1 amide bonds. The molecular formula is C16H21N3O6. The van der Waals surface area contributed by atoms with Crippen LogP contribution in [0.4, 0.5) is 5.69 Å². The van der Waals surface area contributed by atoms with Crippen molar-refractivity contribution in [1.82, 2.24) is 10.6 Å². The SMILES string of the molecule is O=Cc1cc(OCCCCC(=O)NC2CNCCO2)ccc1[N+](=O)[O-]. The number of carbonyl (C=O) groups excluding carboxylic acids is 2. The number of rotatable bonds is 9. The van der Waals surface area contributed by atoms with E-state index in [1.165, 1.54) is 18.2 Å². The number of benzene rings is 1. The molecule has 1 unspecified atom stereocenters. The molecule has 1 atom stereocenters. The van der Waals surface area contributed by atoms with E-state index in [2.05, 4.69) is 10.6 Å². The average molecular weight is 351 g/mol. The summed E-state index contributed by atoms with van der Waals surface area (Å²) in [5.74, 6) is 0.311. The highest BCUT2D eigenvalue weighted by atomic mass is 16.6. The third-order valence-corrected chi connectivity index (χ3v) is 3.64. The molecule has 9 heteroatoms. The summed E-state index contributed by atoms with van der Waals surface area (Å²) in [5, 5.41) is 16.7. The lowest BCUT2D eigenvalue weighted by Gasteiger charge is -2.24. The topological polar surface area (TPSA) is 120 Å². The van der Waals surface area contributed by atoms with Crippen molar-refractivity contribution in [3.63, 3.8) is 0 Å². The maximum atomic E-state index is 11.8. The fourth-order valence-electron chi connectivity index (χ4n) is 2.37. The maximum Gasteiger partial charge on any atom is 0.280 e. The molecule has 0 spiro atoms. The van der Waals surface area contributed by atoms with Crippen molar-refractivity contribution in [3.05, 3.63) is 33.9 Å². The molecule has 1 aliphatic rings. The Morgan fingerprint density at radius 3 is 3.00 bits per heavy atom. The molecule has 25 heavy (non-hydrogen) atoms. The Labute approximate surface area is 144 Å². The third kappa shape index (κ3) is 6.12. The zero-order valence-corrected chi connectivity index (χ0v) is 13.7. The molecule has 9 nitrogen and oxygen atoms in total. The summed E-state index contributed by atoms with van der Waals surface area (Å²) in [6.45, 7) is 2.33. The number of nitro benzene ring substituents is 1. The normalized spacial score (nSPS) is 16.9. The largest absolute Gasteiger partial charge is 0.494 e. The Morgan fingerprint density at radius 2 is 2.32 bits per heavy atom. The van der Waals surface area contributed by atoms with E-state index in [4.69, 9.17) is 9.47 Å². The van der Waals surface area contributed by atoms with E-state index in [1.54, 1.807) is 0 Å². The lowest BCUT2D eigenvalue weighted by atomic mass is 10.2. The third-order valence-electron chi connectivity index (χ3n) is 3.64. The van der Waals surface area contributed by atoms with Gasteiger partial charge in [0, 0.05) is 25.6 Å². The molecule has 0 radical (unpaired) electrons. The van der Waals surface area contributed by atoms with Gasteiger partial charge in [0.1, 0.15) is 12.0 Å². The van der Waals surface area contributed by atoms with E-state index < -0.39 is 4.92 Å². The number of nitro groups is 1. The molecule has 1 aromatic carbocycles. The summed E-state index contributed by atoms with van der Waals surface area (Å²) < 4.78 is 10.9. The summed E-state index contributed by atoms with van der Waals surface area (Å²) in [6.07, 6.45) is 1.80. The number of hydrogen-bond acceptors (Lipinski definition) is 7. The van der Waals surface area contributed by atoms with Crippen LogP contribution in [0.25, 0.3) is 0 Å². The number of carbonyl (C=O) groups is 2. The van der Waals surface area contributed by atoms with Gasteiger partial charge in [-0.05, 0) is 25.0 Å². The van der Waals surface area contributed by atoms with Crippen LogP contribution in [0.1, 0.15) is 29.6 Å². The fourth-order valence-corrected chi connectivity index (χ4v) is 2.37. The summed E-state index contributed by atoms with van der Waals surface area (Å²) >= 11 is 0. The molecule has 0 aliphatic carbocycles. The lowest BCUT2D eigenvalue weighted by molar-refractivity contribution is -0.385. The van der Waals surface area contributed by atoms with Crippen molar-refractivity contribution in [3.8, 4) is 5.75 Å². The number of hydrogen-bond donors (Lipinski definition) is 2. The van der Waals surface area contributed by atoms with Crippen LogP contribution >= 0.6 is 0 Å². The Bertz CT molecular complexity index is 616. The molecule has 136 valence electrons. The first-order chi connectivity index (χ1) is 12.1. The molecule has 1 fully saturated rings. The second-order valence-electron chi connectivity index (χ2n) is 5.53. The summed E-state index contributed by atoms with van der Waals surface area (Å²) in [6, 6.07) is 4.03. The van der Waals surface area contributed by atoms with E-state index in [-0.39, 0.29) is 23.4 Å². The van der Waals surface area contributed by atoms with Crippen molar-refractivity contribution in [2.45, 2.75) is 25.5 Å². The van der Waals surface area contributed by atoms with Crippen LogP contribution in [0.2, 0.25) is 0 Å². The highest BCUT2D eigenvalue weighted by Gasteiger charge is 2.15. The van der Waals surface area contributed by atoms with Gasteiger partial charge in [0.25, 0.3) is 5.69 Å². The van der Waals surface area contributed by atoms with Crippen molar-refractivity contribution in [2.24, 2.45) is 0 Å². The van der Waals surface area contributed by atoms with Gasteiger partial charge >= 0.3 is 0 Å². The minimum absolute atomic E-state index is 0.0250. The Morgan fingerprint density at radius 1 is 1.48 bits per heavy atom. The standard InChI is InChI=1S/C16H21N3O6/c20-11-12-9-13(4-5-14(12)19(22)23)24-7-2-1-3-15(21)18-16-10-17-6-8-25-16/h4-5,9,11,16-17H,1-3,6-8,10H2,(H,18,21). The molecule has 2 rings (SSSR count). The molecule has 0 bridgehead atoms. The summed E-state index contributed by atoms with van der Waals surface area (Å²) in [7, 11) is 0. The zero-order chi connectivity index (χ0) is 18.1. The predicted octanol–water partition coefficient (Wildman–Crippen LogP) is 1.02. The van der Waals surface area contributed by atoms with Crippen LogP contribution in [0, 0.1) is 10.1 Å². The van der Waals surface area contributed by atoms with Crippen molar-refractivity contribution >= 4 is 17.9 Å². The fraction of sp³-hybridized carbons (Fsp3) is 0.500. The van der Waals surface area contributed by atoms with Gasteiger partial charge in [-0.2, -0.15) is 0 Å². The van der Waals surface area contributed by atoms with Crippen LogP contribution in [-0.2, 0) is 9.53 Å². The number of morpholine rings is 1. The first-order valence-corrected chi connectivity index (χ1v) is 8.08. The van der Waals surface area contributed by atoms with Gasteiger partial charge in [-0.15, -0.1) is 0 Å². The molecule has 1 aromatic rings. The van der Waals surface area contributed by atoms with E-state index in [0.29, 0.717) is 51.1 Å². The molecule has 0 saturated carbocycles. The number of amides is 1. The molecule has 2 N–H and O–H groups in total. The van der Waals surface area contributed by atoms with Crippen molar-refractivity contribution in [1.29, 1.82) is 0 Å². The van der Waals surface area contributed by atoms with Crippen LogP contribution < -0.4 is 15.4 Å². The monoisotopic (exact) mass is 351 g/mol. The number of ether oxygens (including phenoxy) is 2. The van der Waals surface area contributed by atoms with Crippen molar-refractivity contribution in [2.75, 3.05) is 26.3 Å². The minimum atomic E-state index is -0.613. The van der Waals surface area contributed by atoms with E-state index in [9.17, 15) is 19.7 Å². The average Bonchev–Trinajstić information content (AvgIpc) is 2.61. The number of unbranched alkanes of at least 4 members (excludes halogenated alkanes) is 1. The van der Waals surface area contributed by atoms with Crippen LogP contribution in [0.5, 0.6) is 5.75 Å². The van der Waals surface area contributed by atoms with Gasteiger partial charge in [-0.25, -0.2) is 0 Å². The second-order valence-corrected chi connectivity index (χ2v) is 5.53. The van der Waals surface area contributed by atoms with Gasteiger partial charge in [0.05, 0.1) is 23.7 Å². The molecule has 1 saturated heterocycles. The van der Waals surface area contributed by atoms with Gasteiger partial charge in [-0.3, -0.25) is 19.7 Å². The van der Waals surface area contributed by atoms with Crippen molar-refractivity contribution < 1.29 is 24.0 Å². The predicted molar refractivity (Wildman–Crippen MR) is 88.6 cm³/mol. The second kappa shape index (κ2) is 9.70. The first kappa shape index (κ1) is 18.8. The smallest absolute Gasteiger partial charge is 0.280 e. The van der Waals surface area contributed by atoms with Crippen LogP contribution in [0.15, 0.2) is 18.2 Å². The summed E-state index contributed by atoms with van der Waals surface area (Å²) in [4.78, 5) is 32.8. The van der Waals surface area contributed by atoms with Gasteiger partial charge in [0.2, 0.25) is 5.91 Å². The van der Waals surface area contributed by atoms with E-state index >= 15 is 0 Å². The van der Waals surface area contributed by atoms with Crippen LogP contribution in [0.3, 0.4) is 0 Å². The maximum absolute atomic E-state index is 11.8. The van der Waals surface area contributed by atoms with Gasteiger partial charge in [-0.1, -0.05) is 0 Å². The number of nitrogens with zero attached hydrogens (tertiary/aromatic N) is 1. The molecule has 1 heterocycles. The highest BCUT2D eigenvalue weighted by Crippen LogP contribution is 2.22. The highest BCUT2D eigenvalue weighted by molar-refractivity contribution is 5.82.